The Hall–Kier alpha value is -3.38. The van der Waals surface area contributed by atoms with Gasteiger partial charge in [0.1, 0.15) is 0 Å². The zero-order valence-corrected chi connectivity index (χ0v) is 15.9. The van der Waals surface area contributed by atoms with Gasteiger partial charge in [-0.3, -0.25) is 15.0 Å². The zero-order valence-electron chi connectivity index (χ0n) is 15.9. The number of aromatic amines is 1. The number of hydrogen-bond donors (Lipinski definition) is 1. The Balaban J connectivity index is 1.30. The summed E-state index contributed by atoms with van der Waals surface area (Å²) in [6.45, 7) is 3.02. The molecule has 0 amide bonds. The van der Waals surface area contributed by atoms with Crippen molar-refractivity contribution in [1.82, 2.24) is 20.1 Å². The highest BCUT2D eigenvalue weighted by atomic mass is 16.7. The average Bonchev–Trinajstić information content (AvgIpc) is 3.40. The summed E-state index contributed by atoms with van der Waals surface area (Å²) in [5.74, 6) is 1.58. The Morgan fingerprint density at radius 3 is 2.97 bits per heavy atom. The molecule has 0 radical (unpaired) electrons. The van der Waals surface area contributed by atoms with Gasteiger partial charge in [-0.25, -0.2) is 0 Å². The summed E-state index contributed by atoms with van der Waals surface area (Å²) in [5, 5.41) is 9.06. The maximum Gasteiger partial charge on any atom is 0.231 e. The summed E-state index contributed by atoms with van der Waals surface area (Å²) in [4.78, 5) is 7.08. The summed E-state index contributed by atoms with van der Waals surface area (Å²) in [7, 11) is 0. The van der Waals surface area contributed by atoms with Crippen LogP contribution in [0.1, 0.15) is 16.8 Å². The molecule has 2 aliphatic rings. The lowest BCUT2D eigenvalue weighted by molar-refractivity contribution is 0.174. The first-order valence-electron chi connectivity index (χ1n) is 9.86. The summed E-state index contributed by atoms with van der Waals surface area (Å²) in [5.41, 5.74) is 6.90. The van der Waals surface area contributed by atoms with E-state index in [4.69, 9.17) is 9.47 Å². The first-order valence-corrected chi connectivity index (χ1v) is 9.86. The highest BCUT2D eigenvalue weighted by Gasteiger charge is 2.24. The smallest absolute Gasteiger partial charge is 0.231 e. The quantitative estimate of drug-likeness (QED) is 0.580. The van der Waals surface area contributed by atoms with Crippen LogP contribution in [0.4, 0.5) is 0 Å². The predicted octanol–water partition coefficient (Wildman–Crippen LogP) is 3.91. The van der Waals surface area contributed by atoms with Crippen LogP contribution in [0.3, 0.4) is 0 Å². The molecule has 0 atom stereocenters. The van der Waals surface area contributed by atoms with Crippen LogP contribution in [0.2, 0.25) is 0 Å². The van der Waals surface area contributed by atoms with Gasteiger partial charge in [-0.2, -0.15) is 5.10 Å². The molecule has 6 nitrogen and oxygen atoms in total. The number of pyridine rings is 1. The van der Waals surface area contributed by atoms with E-state index in [0.717, 1.165) is 54.3 Å². The Bertz CT molecular complexity index is 1210. The van der Waals surface area contributed by atoms with Crippen LogP contribution in [-0.2, 0) is 19.5 Å². The number of ether oxygens (including phenoxy) is 2. The fraction of sp³-hybridized carbons (Fsp3) is 0.217. The molecule has 0 saturated carbocycles. The minimum Gasteiger partial charge on any atom is -0.454 e. The van der Waals surface area contributed by atoms with Gasteiger partial charge in [0, 0.05) is 54.5 Å². The summed E-state index contributed by atoms with van der Waals surface area (Å²) < 4.78 is 11.0. The summed E-state index contributed by atoms with van der Waals surface area (Å²) >= 11 is 0. The van der Waals surface area contributed by atoms with Gasteiger partial charge in [-0.05, 0) is 29.8 Å². The fourth-order valence-electron chi connectivity index (χ4n) is 4.30. The zero-order chi connectivity index (χ0) is 19.2. The minimum atomic E-state index is 0.282. The molecule has 4 aromatic rings. The van der Waals surface area contributed by atoms with Gasteiger partial charge in [0.25, 0.3) is 0 Å². The van der Waals surface area contributed by atoms with E-state index >= 15 is 0 Å². The van der Waals surface area contributed by atoms with E-state index < -0.39 is 0 Å². The lowest BCUT2D eigenvalue weighted by Crippen LogP contribution is -2.30. The maximum atomic E-state index is 5.54. The van der Waals surface area contributed by atoms with E-state index in [1.165, 1.54) is 22.2 Å². The topological polar surface area (TPSA) is 63.3 Å². The molecule has 2 aromatic heterocycles. The summed E-state index contributed by atoms with van der Waals surface area (Å²) in [6, 6.07) is 16.6. The second-order valence-electron chi connectivity index (χ2n) is 7.55. The van der Waals surface area contributed by atoms with Gasteiger partial charge in [0.15, 0.2) is 11.5 Å². The third-order valence-electron chi connectivity index (χ3n) is 5.77. The van der Waals surface area contributed by atoms with E-state index in [1.54, 1.807) is 0 Å². The Morgan fingerprint density at radius 1 is 1.03 bits per heavy atom. The monoisotopic (exact) mass is 384 g/mol. The molecule has 2 aliphatic heterocycles. The van der Waals surface area contributed by atoms with Gasteiger partial charge in [-0.15, -0.1) is 0 Å². The molecule has 29 heavy (non-hydrogen) atoms. The number of para-hydroxylation sites is 1. The minimum absolute atomic E-state index is 0.282. The Labute approximate surface area is 168 Å². The highest BCUT2D eigenvalue weighted by molar-refractivity contribution is 5.81. The number of nitrogens with zero attached hydrogens (tertiary/aromatic N) is 3. The van der Waals surface area contributed by atoms with E-state index in [1.807, 2.05) is 24.4 Å². The maximum absolute atomic E-state index is 5.54. The first-order chi connectivity index (χ1) is 14.3. The van der Waals surface area contributed by atoms with Crippen molar-refractivity contribution < 1.29 is 9.47 Å². The van der Waals surface area contributed by atoms with Crippen LogP contribution in [0.5, 0.6) is 11.5 Å². The normalized spacial score (nSPS) is 15.6. The van der Waals surface area contributed by atoms with Crippen LogP contribution < -0.4 is 9.47 Å². The van der Waals surface area contributed by atoms with Gasteiger partial charge >= 0.3 is 0 Å². The third kappa shape index (κ3) is 2.84. The molecular weight excluding hydrogens is 364 g/mol. The predicted molar refractivity (Wildman–Crippen MR) is 110 cm³/mol. The van der Waals surface area contributed by atoms with E-state index in [-0.39, 0.29) is 6.79 Å². The van der Waals surface area contributed by atoms with Crippen molar-refractivity contribution in [3.8, 4) is 22.8 Å². The van der Waals surface area contributed by atoms with Crippen molar-refractivity contribution in [3.63, 3.8) is 0 Å². The van der Waals surface area contributed by atoms with Crippen molar-refractivity contribution in [2.45, 2.75) is 19.5 Å². The second-order valence-corrected chi connectivity index (χ2v) is 7.55. The van der Waals surface area contributed by atoms with Crippen molar-refractivity contribution in [2.24, 2.45) is 0 Å². The van der Waals surface area contributed by atoms with Gasteiger partial charge in [0.05, 0.1) is 11.2 Å². The van der Waals surface area contributed by atoms with Gasteiger partial charge in [-0.1, -0.05) is 24.3 Å². The average molecular weight is 384 g/mol. The van der Waals surface area contributed by atoms with E-state index in [2.05, 4.69) is 50.4 Å². The Morgan fingerprint density at radius 2 is 1.97 bits per heavy atom. The van der Waals surface area contributed by atoms with Crippen molar-refractivity contribution in [1.29, 1.82) is 0 Å². The summed E-state index contributed by atoms with van der Waals surface area (Å²) in [6.07, 6.45) is 2.83. The lowest BCUT2D eigenvalue weighted by Gasteiger charge is -2.27. The number of hydrogen-bond acceptors (Lipinski definition) is 5. The molecule has 0 bridgehead atoms. The molecule has 144 valence electrons. The van der Waals surface area contributed by atoms with Gasteiger partial charge < -0.3 is 9.47 Å². The fourth-order valence-corrected chi connectivity index (χ4v) is 4.30. The third-order valence-corrected chi connectivity index (χ3v) is 5.77. The van der Waals surface area contributed by atoms with Crippen molar-refractivity contribution in [3.05, 3.63) is 71.5 Å². The van der Waals surface area contributed by atoms with E-state index in [9.17, 15) is 0 Å². The molecule has 6 rings (SSSR count). The van der Waals surface area contributed by atoms with Crippen LogP contribution in [0.25, 0.3) is 22.2 Å². The molecular formula is C23H20N4O2. The van der Waals surface area contributed by atoms with Crippen molar-refractivity contribution in [2.75, 3.05) is 13.3 Å². The highest BCUT2D eigenvalue weighted by Crippen LogP contribution is 2.37. The molecule has 4 heterocycles. The molecule has 6 heteroatoms. The molecule has 0 spiro atoms. The number of rotatable bonds is 3. The number of fused-ring (bicyclic) bond motifs is 3. The molecule has 2 aromatic carbocycles. The standard InChI is InChI=1S/C23H20N4O2/c1-3-15-5-2-9-24-22(15)17(4-1)12-27-10-8-19-18(13-27)23(26-25-19)16-6-7-20-21(11-16)29-14-28-20/h1-7,9,11H,8,10,12-14H2,(H,25,26). The van der Waals surface area contributed by atoms with Crippen molar-refractivity contribution >= 4 is 10.9 Å². The first kappa shape index (κ1) is 16.6. The number of benzene rings is 2. The molecule has 0 fully saturated rings. The SMILES string of the molecule is c1cnc2c(CN3CCc4[nH]nc(-c5ccc6c(c5)OCO6)c4C3)cccc2c1. The second kappa shape index (κ2) is 6.60. The van der Waals surface area contributed by atoms with E-state index in [0.29, 0.717) is 0 Å². The lowest BCUT2D eigenvalue weighted by atomic mass is 10.00. The van der Waals surface area contributed by atoms with Crippen LogP contribution in [0.15, 0.2) is 54.7 Å². The molecule has 0 unspecified atom stereocenters. The van der Waals surface area contributed by atoms with Gasteiger partial charge in [0.2, 0.25) is 6.79 Å². The molecule has 0 saturated heterocycles. The van der Waals surface area contributed by atoms with Crippen LogP contribution in [-0.4, -0.2) is 33.4 Å². The number of nitrogens with one attached hydrogen (secondary N) is 1. The number of aromatic nitrogens is 3. The Kier molecular flexibility index (Phi) is 3.77. The molecule has 1 N–H and O–H groups in total. The molecule has 0 aliphatic carbocycles. The van der Waals surface area contributed by atoms with Crippen LogP contribution in [0, 0.1) is 0 Å². The van der Waals surface area contributed by atoms with Crippen LogP contribution >= 0.6 is 0 Å². The largest absolute Gasteiger partial charge is 0.454 e. The number of H-pyrrole nitrogens is 1.